The number of hydrogen-bond donors (Lipinski definition) is 1. The minimum atomic E-state index is -0.765. The number of aliphatic carboxylic acids is 1. The lowest BCUT2D eigenvalue weighted by Crippen LogP contribution is -1.99. The summed E-state index contributed by atoms with van der Waals surface area (Å²) in [7, 11) is 0. The first-order valence-electron chi connectivity index (χ1n) is 5.24. The van der Waals surface area contributed by atoms with E-state index in [9.17, 15) is 4.79 Å². The molecule has 84 valence electrons. The highest BCUT2D eigenvalue weighted by Gasteiger charge is 2.05. The molecule has 4 nitrogen and oxygen atoms in total. The molecule has 0 spiro atoms. The van der Waals surface area contributed by atoms with Crippen LogP contribution in [0.25, 0.3) is 5.52 Å². The summed E-state index contributed by atoms with van der Waals surface area (Å²) < 4.78 is 2.01. The fraction of sp³-hybridized carbons (Fsp3) is 0.333. The first-order valence-corrected chi connectivity index (χ1v) is 5.24. The molecule has 0 aliphatic carbocycles. The van der Waals surface area contributed by atoms with Gasteiger partial charge in [-0.2, -0.15) is 0 Å². The number of aryl methyl sites for hydroxylation is 3. The first-order chi connectivity index (χ1) is 7.58. The van der Waals surface area contributed by atoms with E-state index in [0.29, 0.717) is 6.42 Å². The number of rotatable bonds is 3. The average molecular weight is 218 g/mol. The molecule has 4 heteroatoms. The van der Waals surface area contributed by atoms with Crippen LogP contribution in [0.5, 0.6) is 0 Å². The van der Waals surface area contributed by atoms with Crippen molar-refractivity contribution in [2.75, 3.05) is 0 Å². The van der Waals surface area contributed by atoms with Gasteiger partial charge in [0.15, 0.2) is 0 Å². The van der Waals surface area contributed by atoms with E-state index in [2.05, 4.69) is 4.98 Å². The monoisotopic (exact) mass is 218 g/mol. The quantitative estimate of drug-likeness (QED) is 0.856. The van der Waals surface area contributed by atoms with E-state index < -0.39 is 5.97 Å². The fourth-order valence-corrected chi connectivity index (χ4v) is 1.86. The van der Waals surface area contributed by atoms with Gasteiger partial charge in [-0.1, -0.05) is 6.07 Å². The van der Waals surface area contributed by atoms with Crippen molar-refractivity contribution in [1.82, 2.24) is 9.38 Å². The first kappa shape index (κ1) is 10.7. The average Bonchev–Trinajstić information content (AvgIpc) is 2.52. The number of aromatic nitrogens is 2. The molecule has 0 aromatic carbocycles. The van der Waals surface area contributed by atoms with Gasteiger partial charge in [0, 0.05) is 12.6 Å². The normalized spacial score (nSPS) is 10.9. The minimum Gasteiger partial charge on any atom is -0.481 e. The van der Waals surface area contributed by atoms with Gasteiger partial charge >= 0.3 is 5.97 Å². The molecule has 0 aliphatic heterocycles. The Morgan fingerprint density at radius 3 is 2.88 bits per heavy atom. The zero-order chi connectivity index (χ0) is 11.7. The van der Waals surface area contributed by atoms with Gasteiger partial charge in [0.05, 0.1) is 11.2 Å². The van der Waals surface area contributed by atoms with E-state index in [-0.39, 0.29) is 6.42 Å². The highest BCUT2D eigenvalue weighted by Crippen LogP contribution is 2.14. The molecule has 0 saturated heterocycles. The van der Waals surface area contributed by atoms with E-state index in [0.717, 1.165) is 22.6 Å². The van der Waals surface area contributed by atoms with Gasteiger partial charge in [0.2, 0.25) is 0 Å². The number of pyridine rings is 1. The third-order valence-electron chi connectivity index (χ3n) is 2.69. The summed E-state index contributed by atoms with van der Waals surface area (Å²) in [6, 6.07) is 3.96. The van der Waals surface area contributed by atoms with E-state index in [1.165, 1.54) is 0 Å². The Morgan fingerprint density at radius 2 is 2.19 bits per heavy atom. The van der Waals surface area contributed by atoms with Crippen LogP contribution in [-0.2, 0) is 11.2 Å². The maximum atomic E-state index is 10.5. The van der Waals surface area contributed by atoms with Crippen molar-refractivity contribution >= 4 is 11.5 Å². The van der Waals surface area contributed by atoms with E-state index >= 15 is 0 Å². The van der Waals surface area contributed by atoms with Crippen LogP contribution in [0.15, 0.2) is 18.3 Å². The zero-order valence-corrected chi connectivity index (χ0v) is 9.40. The lowest BCUT2D eigenvalue weighted by Gasteiger charge is -2.02. The summed E-state index contributed by atoms with van der Waals surface area (Å²) in [6.07, 6.45) is 2.69. The van der Waals surface area contributed by atoms with Crippen LogP contribution in [-0.4, -0.2) is 20.5 Å². The Balaban J connectivity index is 2.36. The van der Waals surface area contributed by atoms with E-state index in [4.69, 9.17) is 5.11 Å². The standard InChI is InChI=1S/C12H14N2O2/c1-8-11-5-3-10(4-6-12(15)16)7-14(11)9(2)13-8/h3,5,7H,4,6H2,1-2H3,(H,15,16). The van der Waals surface area contributed by atoms with Crippen LogP contribution in [0.3, 0.4) is 0 Å². The second-order valence-corrected chi connectivity index (χ2v) is 3.93. The van der Waals surface area contributed by atoms with Crippen LogP contribution >= 0.6 is 0 Å². The molecular formula is C12H14N2O2. The third-order valence-corrected chi connectivity index (χ3v) is 2.69. The van der Waals surface area contributed by atoms with Crippen molar-refractivity contribution in [3.8, 4) is 0 Å². The number of carboxylic acid groups (broad SMARTS) is 1. The van der Waals surface area contributed by atoms with Gasteiger partial charge in [0.25, 0.3) is 0 Å². The molecule has 0 saturated carbocycles. The molecule has 1 N–H and O–H groups in total. The van der Waals surface area contributed by atoms with Gasteiger partial charge in [-0.3, -0.25) is 4.79 Å². The molecule has 0 fully saturated rings. The Labute approximate surface area is 93.5 Å². The highest BCUT2D eigenvalue weighted by atomic mass is 16.4. The number of fused-ring (bicyclic) bond motifs is 1. The Morgan fingerprint density at radius 1 is 1.44 bits per heavy atom. The summed E-state index contributed by atoms with van der Waals surface area (Å²) in [5, 5.41) is 8.63. The van der Waals surface area contributed by atoms with Gasteiger partial charge in [-0.05, 0) is 31.9 Å². The largest absolute Gasteiger partial charge is 0.481 e. The van der Waals surface area contributed by atoms with Gasteiger partial charge in [0.1, 0.15) is 5.82 Å². The summed E-state index contributed by atoms with van der Waals surface area (Å²) >= 11 is 0. The van der Waals surface area contributed by atoms with Gasteiger partial charge < -0.3 is 9.51 Å². The Hall–Kier alpha value is -1.84. The molecule has 2 aromatic rings. The maximum absolute atomic E-state index is 10.5. The maximum Gasteiger partial charge on any atom is 0.303 e. The van der Waals surface area contributed by atoms with Crippen molar-refractivity contribution in [3.63, 3.8) is 0 Å². The topological polar surface area (TPSA) is 54.6 Å². The number of carboxylic acids is 1. The predicted octanol–water partition coefficient (Wildman–Crippen LogP) is 1.97. The molecule has 2 heterocycles. The molecule has 0 unspecified atom stereocenters. The molecule has 0 atom stereocenters. The van der Waals surface area contributed by atoms with E-state index in [1.807, 2.05) is 36.6 Å². The molecule has 0 radical (unpaired) electrons. The van der Waals surface area contributed by atoms with Crippen molar-refractivity contribution in [3.05, 3.63) is 35.4 Å². The van der Waals surface area contributed by atoms with Crippen molar-refractivity contribution in [1.29, 1.82) is 0 Å². The molecule has 0 bridgehead atoms. The molecule has 16 heavy (non-hydrogen) atoms. The van der Waals surface area contributed by atoms with Crippen molar-refractivity contribution < 1.29 is 9.90 Å². The third kappa shape index (κ3) is 1.91. The number of imidazole rings is 1. The lowest BCUT2D eigenvalue weighted by molar-refractivity contribution is -0.136. The number of carbonyl (C=O) groups is 1. The minimum absolute atomic E-state index is 0.165. The van der Waals surface area contributed by atoms with Crippen molar-refractivity contribution in [2.24, 2.45) is 0 Å². The second kappa shape index (κ2) is 3.96. The fourth-order valence-electron chi connectivity index (χ4n) is 1.86. The van der Waals surface area contributed by atoms with Gasteiger partial charge in [-0.25, -0.2) is 4.98 Å². The summed E-state index contributed by atoms with van der Waals surface area (Å²) in [4.78, 5) is 14.9. The van der Waals surface area contributed by atoms with Crippen molar-refractivity contribution in [2.45, 2.75) is 26.7 Å². The van der Waals surface area contributed by atoms with Crippen LogP contribution in [0.1, 0.15) is 23.5 Å². The SMILES string of the molecule is Cc1nc(C)n2cc(CCC(=O)O)ccc12. The number of hydrogen-bond acceptors (Lipinski definition) is 2. The highest BCUT2D eigenvalue weighted by molar-refractivity contribution is 5.67. The van der Waals surface area contributed by atoms with Crippen LogP contribution < -0.4 is 0 Å². The Bertz CT molecular complexity index is 543. The van der Waals surface area contributed by atoms with Gasteiger partial charge in [-0.15, -0.1) is 0 Å². The number of nitrogens with zero attached hydrogens (tertiary/aromatic N) is 2. The molecule has 2 rings (SSSR count). The van der Waals surface area contributed by atoms with Crippen LogP contribution in [0.2, 0.25) is 0 Å². The summed E-state index contributed by atoms with van der Waals surface area (Å²) in [6.45, 7) is 3.92. The predicted molar refractivity (Wildman–Crippen MR) is 60.6 cm³/mol. The Kier molecular flexibility index (Phi) is 2.64. The van der Waals surface area contributed by atoms with Crippen LogP contribution in [0, 0.1) is 13.8 Å². The second-order valence-electron chi connectivity index (χ2n) is 3.93. The molecule has 0 amide bonds. The molecule has 0 aliphatic rings. The molecular weight excluding hydrogens is 204 g/mol. The van der Waals surface area contributed by atoms with E-state index in [1.54, 1.807) is 0 Å². The summed E-state index contributed by atoms with van der Waals surface area (Å²) in [5.41, 5.74) is 3.11. The molecule has 2 aromatic heterocycles. The summed E-state index contributed by atoms with van der Waals surface area (Å²) in [5.74, 6) is 0.170. The zero-order valence-electron chi connectivity index (χ0n) is 9.40. The smallest absolute Gasteiger partial charge is 0.303 e. The lowest BCUT2D eigenvalue weighted by atomic mass is 10.1. The van der Waals surface area contributed by atoms with Crippen LogP contribution in [0.4, 0.5) is 0 Å².